The Bertz CT molecular complexity index is 369. The summed E-state index contributed by atoms with van der Waals surface area (Å²) in [6.07, 6.45) is 3.07. The van der Waals surface area contributed by atoms with Crippen LogP contribution in [0.5, 0.6) is 0 Å². The number of likely N-dealkylation sites (tertiary alicyclic amines) is 1. The molecule has 0 saturated carbocycles. The van der Waals surface area contributed by atoms with Gasteiger partial charge in [0.15, 0.2) is 0 Å². The highest BCUT2D eigenvalue weighted by Gasteiger charge is 2.20. The van der Waals surface area contributed by atoms with Gasteiger partial charge < -0.3 is 10.0 Å². The van der Waals surface area contributed by atoms with Crippen molar-refractivity contribution >= 4 is 15.9 Å². The standard InChI is InChI=1S/C14H20BrNO/c1-11-4-3-8-16(11)9-7-14(17)12-5-2-6-13(15)10-12/h2,5-6,10-11,14,17H,3-4,7-9H2,1H3. The van der Waals surface area contributed by atoms with Crippen molar-refractivity contribution in [2.45, 2.75) is 38.3 Å². The molecule has 2 rings (SSSR count). The zero-order valence-electron chi connectivity index (χ0n) is 10.3. The quantitative estimate of drug-likeness (QED) is 0.921. The molecule has 0 aromatic heterocycles. The topological polar surface area (TPSA) is 23.5 Å². The summed E-state index contributed by atoms with van der Waals surface area (Å²) in [5, 5.41) is 10.1. The number of halogens is 1. The minimum atomic E-state index is -0.347. The maximum absolute atomic E-state index is 10.1. The largest absolute Gasteiger partial charge is 0.388 e. The first-order chi connectivity index (χ1) is 8.16. The van der Waals surface area contributed by atoms with Gasteiger partial charge in [0.25, 0.3) is 0 Å². The molecule has 1 N–H and O–H groups in total. The molecule has 17 heavy (non-hydrogen) atoms. The van der Waals surface area contributed by atoms with Crippen LogP contribution in [0.25, 0.3) is 0 Å². The molecule has 1 fully saturated rings. The maximum atomic E-state index is 10.1. The van der Waals surface area contributed by atoms with Crippen LogP contribution < -0.4 is 0 Å². The Balaban J connectivity index is 1.86. The van der Waals surface area contributed by atoms with Gasteiger partial charge in [-0.25, -0.2) is 0 Å². The molecular formula is C14H20BrNO. The van der Waals surface area contributed by atoms with Gasteiger partial charge in [0.2, 0.25) is 0 Å². The molecule has 1 heterocycles. The average Bonchev–Trinajstić information content (AvgIpc) is 2.72. The number of nitrogens with zero attached hydrogens (tertiary/aromatic N) is 1. The summed E-state index contributed by atoms with van der Waals surface area (Å²) in [6.45, 7) is 4.46. The Morgan fingerprint density at radius 3 is 3.00 bits per heavy atom. The predicted molar refractivity (Wildman–Crippen MR) is 74.0 cm³/mol. The first-order valence-corrected chi connectivity index (χ1v) is 7.13. The Kier molecular flexibility index (Phi) is 4.60. The van der Waals surface area contributed by atoms with E-state index in [1.54, 1.807) is 0 Å². The number of benzene rings is 1. The third-order valence-electron chi connectivity index (χ3n) is 3.61. The molecule has 1 aromatic carbocycles. The highest BCUT2D eigenvalue weighted by Crippen LogP contribution is 2.23. The molecule has 1 aliphatic rings. The summed E-state index contributed by atoms with van der Waals surface area (Å²) >= 11 is 3.44. The first-order valence-electron chi connectivity index (χ1n) is 6.34. The Morgan fingerprint density at radius 2 is 2.35 bits per heavy atom. The van der Waals surface area contributed by atoms with Crippen LogP contribution in [0.2, 0.25) is 0 Å². The molecule has 94 valence electrons. The van der Waals surface area contributed by atoms with Crippen LogP contribution in [0.15, 0.2) is 28.7 Å². The van der Waals surface area contributed by atoms with Crippen LogP contribution in [0.3, 0.4) is 0 Å². The fourth-order valence-electron chi connectivity index (χ4n) is 2.49. The van der Waals surface area contributed by atoms with E-state index in [1.807, 2.05) is 24.3 Å². The lowest BCUT2D eigenvalue weighted by atomic mass is 10.1. The molecule has 2 atom stereocenters. The fraction of sp³-hybridized carbons (Fsp3) is 0.571. The van der Waals surface area contributed by atoms with E-state index in [0.717, 1.165) is 23.0 Å². The van der Waals surface area contributed by atoms with Crippen LogP contribution in [-0.4, -0.2) is 29.1 Å². The second-order valence-corrected chi connectivity index (χ2v) is 5.80. The van der Waals surface area contributed by atoms with E-state index >= 15 is 0 Å². The summed E-state index contributed by atoms with van der Waals surface area (Å²) in [5.74, 6) is 0. The molecule has 1 aliphatic heterocycles. The van der Waals surface area contributed by atoms with E-state index < -0.39 is 0 Å². The van der Waals surface area contributed by atoms with Gasteiger partial charge in [0, 0.05) is 17.1 Å². The van der Waals surface area contributed by atoms with Gasteiger partial charge in [-0.3, -0.25) is 0 Å². The Hall–Kier alpha value is -0.380. The van der Waals surface area contributed by atoms with Crippen molar-refractivity contribution < 1.29 is 5.11 Å². The predicted octanol–water partition coefficient (Wildman–Crippen LogP) is 3.36. The van der Waals surface area contributed by atoms with Gasteiger partial charge in [-0.2, -0.15) is 0 Å². The van der Waals surface area contributed by atoms with Crippen LogP contribution in [0.4, 0.5) is 0 Å². The van der Waals surface area contributed by atoms with Crippen molar-refractivity contribution in [1.29, 1.82) is 0 Å². The minimum Gasteiger partial charge on any atom is -0.388 e. The van der Waals surface area contributed by atoms with Crippen molar-refractivity contribution in [2.24, 2.45) is 0 Å². The van der Waals surface area contributed by atoms with Gasteiger partial charge in [-0.05, 0) is 50.4 Å². The molecule has 3 heteroatoms. The third kappa shape index (κ3) is 3.54. The van der Waals surface area contributed by atoms with E-state index in [1.165, 1.54) is 19.4 Å². The Labute approximate surface area is 112 Å². The summed E-state index contributed by atoms with van der Waals surface area (Å²) in [6, 6.07) is 8.63. The normalized spacial score (nSPS) is 22.9. The van der Waals surface area contributed by atoms with E-state index in [2.05, 4.69) is 27.8 Å². The monoisotopic (exact) mass is 297 g/mol. The van der Waals surface area contributed by atoms with Gasteiger partial charge in [0.05, 0.1) is 6.10 Å². The van der Waals surface area contributed by atoms with Crippen molar-refractivity contribution in [1.82, 2.24) is 4.90 Å². The highest BCUT2D eigenvalue weighted by atomic mass is 79.9. The molecule has 1 saturated heterocycles. The summed E-state index contributed by atoms with van der Waals surface area (Å²) in [4.78, 5) is 2.47. The van der Waals surface area contributed by atoms with Gasteiger partial charge in [-0.1, -0.05) is 28.1 Å². The smallest absolute Gasteiger partial charge is 0.0802 e. The molecule has 0 bridgehead atoms. The lowest BCUT2D eigenvalue weighted by Crippen LogP contribution is -2.28. The number of aliphatic hydroxyl groups is 1. The molecule has 0 amide bonds. The summed E-state index contributed by atoms with van der Waals surface area (Å²) in [7, 11) is 0. The molecule has 1 aromatic rings. The van der Waals surface area contributed by atoms with E-state index in [0.29, 0.717) is 6.04 Å². The zero-order chi connectivity index (χ0) is 12.3. The van der Waals surface area contributed by atoms with Gasteiger partial charge in [-0.15, -0.1) is 0 Å². The van der Waals surface area contributed by atoms with Crippen LogP contribution in [-0.2, 0) is 0 Å². The van der Waals surface area contributed by atoms with Crippen molar-refractivity contribution in [2.75, 3.05) is 13.1 Å². The summed E-state index contributed by atoms with van der Waals surface area (Å²) in [5.41, 5.74) is 1.01. The number of aliphatic hydroxyl groups excluding tert-OH is 1. The Morgan fingerprint density at radius 1 is 1.53 bits per heavy atom. The highest BCUT2D eigenvalue weighted by molar-refractivity contribution is 9.10. The third-order valence-corrected chi connectivity index (χ3v) is 4.11. The van der Waals surface area contributed by atoms with E-state index in [-0.39, 0.29) is 6.10 Å². The number of hydrogen-bond donors (Lipinski definition) is 1. The number of rotatable bonds is 4. The molecule has 0 spiro atoms. The van der Waals surface area contributed by atoms with Gasteiger partial charge in [0.1, 0.15) is 0 Å². The van der Waals surface area contributed by atoms with Crippen molar-refractivity contribution in [3.8, 4) is 0 Å². The molecule has 0 radical (unpaired) electrons. The molecular weight excluding hydrogens is 278 g/mol. The minimum absolute atomic E-state index is 0.347. The van der Waals surface area contributed by atoms with Crippen molar-refractivity contribution in [3.63, 3.8) is 0 Å². The van der Waals surface area contributed by atoms with Crippen LogP contribution >= 0.6 is 15.9 Å². The second-order valence-electron chi connectivity index (χ2n) is 4.89. The summed E-state index contributed by atoms with van der Waals surface area (Å²) < 4.78 is 1.03. The maximum Gasteiger partial charge on any atom is 0.0802 e. The van der Waals surface area contributed by atoms with E-state index in [4.69, 9.17) is 0 Å². The first kappa shape index (κ1) is 13.1. The van der Waals surface area contributed by atoms with E-state index in [9.17, 15) is 5.11 Å². The number of hydrogen-bond acceptors (Lipinski definition) is 2. The van der Waals surface area contributed by atoms with Gasteiger partial charge >= 0.3 is 0 Å². The average molecular weight is 298 g/mol. The second kappa shape index (κ2) is 5.98. The lowest BCUT2D eigenvalue weighted by molar-refractivity contribution is 0.140. The molecule has 0 aliphatic carbocycles. The molecule has 2 unspecified atom stereocenters. The van der Waals surface area contributed by atoms with Crippen molar-refractivity contribution in [3.05, 3.63) is 34.3 Å². The zero-order valence-corrected chi connectivity index (χ0v) is 11.9. The molecule has 2 nitrogen and oxygen atoms in total. The fourth-order valence-corrected chi connectivity index (χ4v) is 2.91. The van der Waals surface area contributed by atoms with Crippen LogP contribution in [0, 0.1) is 0 Å². The van der Waals surface area contributed by atoms with Crippen LogP contribution in [0.1, 0.15) is 37.9 Å². The lowest BCUT2D eigenvalue weighted by Gasteiger charge is -2.22. The SMILES string of the molecule is CC1CCCN1CCC(O)c1cccc(Br)c1.